The molecule has 0 aliphatic carbocycles. The van der Waals surface area contributed by atoms with Gasteiger partial charge in [0.15, 0.2) is 5.78 Å². The molecule has 0 radical (unpaired) electrons. The van der Waals surface area contributed by atoms with Crippen molar-refractivity contribution in [1.82, 2.24) is 9.78 Å². The molecule has 0 atom stereocenters. The summed E-state index contributed by atoms with van der Waals surface area (Å²) in [5, 5.41) is 4.58. The van der Waals surface area contributed by atoms with Gasteiger partial charge < -0.3 is 5.73 Å². The summed E-state index contributed by atoms with van der Waals surface area (Å²) in [6, 6.07) is 3.06. The van der Waals surface area contributed by atoms with Gasteiger partial charge in [-0.15, -0.1) is 0 Å². The Morgan fingerprint density at radius 3 is 2.50 bits per heavy atom. The van der Waals surface area contributed by atoms with E-state index < -0.39 is 0 Å². The summed E-state index contributed by atoms with van der Waals surface area (Å²) < 4.78 is 1.64. The number of ketones is 1. The second-order valence-electron chi connectivity index (χ2n) is 3.98. The number of nitrogens with two attached hydrogens (primary N) is 1. The lowest BCUT2D eigenvalue weighted by atomic mass is 10.1. The zero-order chi connectivity index (χ0) is 13.3. The van der Waals surface area contributed by atoms with E-state index in [0.29, 0.717) is 5.56 Å². The number of Topliss-reactive ketones (excluding diaryl/α,β-unsaturated/α-hetero) is 1. The van der Waals surface area contributed by atoms with Gasteiger partial charge in [0.25, 0.3) is 0 Å². The molecule has 0 saturated heterocycles. The second kappa shape index (κ2) is 5.00. The summed E-state index contributed by atoms with van der Waals surface area (Å²) in [6.45, 7) is 0. The normalized spacial score (nSPS) is 10.6. The highest BCUT2D eigenvalue weighted by Crippen LogP contribution is 2.29. The van der Waals surface area contributed by atoms with Crippen LogP contribution in [0.5, 0.6) is 0 Å². The standard InChI is InChI=1S/C12H11Cl2N3O/c1-17-6-7(5-16-17)2-11(18)8-3-9(13)12(15)10(14)4-8/h3-6H,2,15H2,1H3. The lowest BCUT2D eigenvalue weighted by molar-refractivity contribution is 0.0993. The van der Waals surface area contributed by atoms with E-state index in [-0.39, 0.29) is 27.9 Å². The molecule has 0 aliphatic heterocycles. The van der Waals surface area contributed by atoms with Gasteiger partial charge in [0.05, 0.1) is 21.9 Å². The van der Waals surface area contributed by atoms with Crippen molar-refractivity contribution in [3.8, 4) is 0 Å². The van der Waals surface area contributed by atoms with Gasteiger partial charge in [0.2, 0.25) is 0 Å². The van der Waals surface area contributed by atoms with Crippen molar-refractivity contribution < 1.29 is 4.79 Å². The van der Waals surface area contributed by atoms with Crippen LogP contribution < -0.4 is 5.73 Å². The third-order valence-electron chi connectivity index (χ3n) is 2.52. The summed E-state index contributed by atoms with van der Waals surface area (Å²) >= 11 is 11.8. The van der Waals surface area contributed by atoms with Crippen LogP contribution in [0.4, 0.5) is 5.69 Å². The first-order valence-electron chi connectivity index (χ1n) is 5.22. The fraction of sp³-hybridized carbons (Fsp3) is 0.167. The third kappa shape index (κ3) is 2.66. The molecular weight excluding hydrogens is 273 g/mol. The number of halogens is 2. The minimum atomic E-state index is -0.0770. The summed E-state index contributed by atoms with van der Waals surface area (Å²) in [5.74, 6) is -0.0770. The van der Waals surface area contributed by atoms with Gasteiger partial charge in [-0.3, -0.25) is 9.48 Å². The molecule has 18 heavy (non-hydrogen) atoms. The Hall–Kier alpha value is -1.52. The van der Waals surface area contributed by atoms with Gasteiger partial charge in [0, 0.05) is 25.2 Å². The van der Waals surface area contributed by atoms with Gasteiger partial charge >= 0.3 is 0 Å². The number of carbonyl (C=O) groups excluding carboxylic acids is 1. The number of nitrogen functional groups attached to an aromatic ring is 1. The van der Waals surface area contributed by atoms with Crippen molar-refractivity contribution in [2.24, 2.45) is 7.05 Å². The summed E-state index contributed by atoms with van der Waals surface area (Å²) in [5.41, 5.74) is 7.19. The fourth-order valence-corrected chi connectivity index (χ4v) is 2.08. The topological polar surface area (TPSA) is 60.9 Å². The van der Waals surface area contributed by atoms with Crippen LogP contribution in [0.3, 0.4) is 0 Å². The van der Waals surface area contributed by atoms with E-state index >= 15 is 0 Å². The molecule has 1 heterocycles. The molecule has 2 N–H and O–H groups in total. The van der Waals surface area contributed by atoms with Crippen LogP contribution in [0.25, 0.3) is 0 Å². The maximum atomic E-state index is 12.0. The molecule has 1 aromatic heterocycles. The molecule has 0 amide bonds. The Labute approximate surface area is 114 Å². The van der Waals surface area contributed by atoms with E-state index in [1.165, 1.54) is 12.1 Å². The first-order valence-corrected chi connectivity index (χ1v) is 5.98. The number of rotatable bonds is 3. The molecule has 0 spiro atoms. The number of carbonyl (C=O) groups is 1. The van der Waals surface area contributed by atoms with Gasteiger partial charge in [-0.2, -0.15) is 5.10 Å². The number of benzene rings is 1. The first kappa shape index (κ1) is 12.9. The van der Waals surface area contributed by atoms with Crippen LogP contribution in [-0.4, -0.2) is 15.6 Å². The average molecular weight is 284 g/mol. The molecular formula is C12H11Cl2N3O. The van der Waals surface area contributed by atoms with Crippen molar-refractivity contribution in [2.75, 3.05) is 5.73 Å². The van der Waals surface area contributed by atoms with Crippen molar-refractivity contribution in [3.63, 3.8) is 0 Å². The Morgan fingerprint density at radius 2 is 2.00 bits per heavy atom. The third-order valence-corrected chi connectivity index (χ3v) is 3.15. The number of nitrogens with zero attached hydrogens (tertiary/aromatic N) is 2. The van der Waals surface area contributed by atoms with E-state index in [0.717, 1.165) is 5.56 Å². The smallest absolute Gasteiger partial charge is 0.167 e. The van der Waals surface area contributed by atoms with E-state index in [1.807, 2.05) is 0 Å². The van der Waals surface area contributed by atoms with Crippen molar-refractivity contribution in [1.29, 1.82) is 0 Å². The minimum Gasteiger partial charge on any atom is -0.396 e. The maximum absolute atomic E-state index is 12.0. The molecule has 4 nitrogen and oxygen atoms in total. The van der Waals surface area contributed by atoms with Crippen LogP contribution in [0.15, 0.2) is 24.5 Å². The molecule has 0 fully saturated rings. The molecule has 0 unspecified atom stereocenters. The van der Waals surface area contributed by atoms with Crippen LogP contribution in [-0.2, 0) is 13.5 Å². The second-order valence-corrected chi connectivity index (χ2v) is 4.79. The molecule has 6 heteroatoms. The van der Waals surface area contributed by atoms with Crippen LogP contribution in [0, 0.1) is 0 Å². The van der Waals surface area contributed by atoms with Gasteiger partial charge in [-0.25, -0.2) is 0 Å². The lowest BCUT2D eigenvalue weighted by Crippen LogP contribution is -2.04. The highest BCUT2D eigenvalue weighted by molar-refractivity contribution is 6.39. The minimum absolute atomic E-state index is 0.0770. The van der Waals surface area contributed by atoms with Crippen LogP contribution >= 0.6 is 23.2 Å². The Morgan fingerprint density at radius 1 is 1.39 bits per heavy atom. The lowest BCUT2D eigenvalue weighted by Gasteiger charge is -2.05. The first-order chi connectivity index (χ1) is 8.47. The highest BCUT2D eigenvalue weighted by atomic mass is 35.5. The monoisotopic (exact) mass is 283 g/mol. The molecule has 0 saturated carbocycles. The van der Waals surface area contributed by atoms with E-state index in [4.69, 9.17) is 28.9 Å². The van der Waals surface area contributed by atoms with E-state index in [2.05, 4.69) is 5.10 Å². The zero-order valence-corrected chi connectivity index (χ0v) is 11.2. The van der Waals surface area contributed by atoms with E-state index in [9.17, 15) is 4.79 Å². The summed E-state index contributed by atoms with van der Waals surface area (Å²) in [6.07, 6.45) is 3.70. The van der Waals surface area contributed by atoms with E-state index in [1.54, 1.807) is 24.1 Å². The molecule has 2 aromatic rings. The quantitative estimate of drug-likeness (QED) is 0.696. The van der Waals surface area contributed by atoms with Crippen LogP contribution in [0.1, 0.15) is 15.9 Å². The van der Waals surface area contributed by atoms with Gasteiger partial charge in [0.1, 0.15) is 0 Å². The van der Waals surface area contributed by atoms with Crippen molar-refractivity contribution in [2.45, 2.75) is 6.42 Å². The number of hydrogen-bond donors (Lipinski definition) is 1. The molecule has 94 valence electrons. The molecule has 1 aromatic carbocycles. The average Bonchev–Trinajstić information content (AvgIpc) is 2.71. The predicted octanol–water partition coefficient (Wildman–Crippen LogP) is 2.73. The fourth-order valence-electron chi connectivity index (χ4n) is 1.60. The van der Waals surface area contributed by atoms with Crippen molar-refractivity contribution >= 4 is 34.7 Å². The summed E-state index contributed by atoms with van der Waals surface area (Å²) in [7, 11) is 1.80. The number of aromatic nitrogens is 2. The Balaban J connectivity index is 2.24. The number of hydrogen-bond acceptors (Lipinski definition) is 3. The molecule has 0 aliphatic rings. The molecule has 0 bridgehead atoms. The number of aryl methyl sites for hydroxylation is 1. The Bertz CT molecular complexity index is 584. The summed E-state index contributed by atoms with van der Waals surface area (Å²) in [4.78, 5) is 12.0. The zero-order valence-electron chi connectivity index (χ0n) is 9.65. The highest BCUT2D eigenvalue weighted by Gasteiger charge is 2.12. The SMILES string of the molecule is Cn1cc(CC(=O)c2cc(Cl)c(N)c(Cl)c2)cn1. The Kier molecular flexibility index (Phi) is 3.59. The largest absolute Gasteiger partial charge is 0.396 e. The maximum Gasteiger partial charge on any atom is 0.167 e. The number of anilines is 1. The molecule has 2 rings (SSSR count). The van der Waals surface area contributed by atoms with Crippen LogP contribution in [0.2, 0.25) is 10.0 Å². The predicted molar refractivity (Wildman–Crippen MR) is 72.1 cm³/mol. The van der Waals surface area contributed by atoms with Gasteiger partial charge in [-0.05, 0) is 17.7 Å². The van der Waals surface area contributed by atoms with Crippen molar-refractivity contribution in [3.05, 3.63) is 45.7 Å². The van der Waals surface area contributed by atoms with Gasteiger partial charge in [-0.1, -0.05) is 23.2 Å².